The van der Waals surface area contributed by atoms with Crippen molar-refractivity contribution in [2.24, 2.45) is 5.10 Å². The second-order valence-corrected chi connectivity index (χ2v) is 6.24. The van der Waals surface area contributed by atoms with Crippen LogP contribution in [0.4, 0.5) is 0 Å². The summed E-state index contributed by atoms with van der Waals surface area (Å²) in [5.41, 5.74) is 3.42. The molecule has 0 aliphatic rings. The van der Waals surface area contributed by atoms with Crippen LogP contribution in [0.1, 0.15) is 27.9 Å². The van der Waals surface area contributed by atoms with Crippen LogP contribution < -0.4 is 5.56 Å². The number of benzene rings is 1. The number of nitriles is 1. The Hall–Kier alpha value is -2.97. The van der Waals surface area contributed by atoms with Crippen LogP contribution in [0.3, 0.4) is 0 Å². The van der Waals surface area contributed by atoms with E-state index in [-0.39, 0.29) is 5.56 Å². The van der Waals surface area contributed by atoms with E-state index in [0.717, 1.165) is 16.5 Å². The summed E-state index contributed by atoms with van der Waals surface area (Å²) in [6, 6.07) is 11.4. The summed E-state index contributed by atoms with van der Waals surface area (Å²) < 4.78 is 1.20. The molecule has 3 aromatic rings. The van der Waals surface area contributed by atoms with Crippen molar-refractivity contribution in [2.45, 2.75) is 20.8 Å². The highest BCUT2D eigenvalue weighted by atomic mass is 35.5. The highest BCUT2D eigenvalue weighted by Crippen LogP contribution is 2.20. The molecule has 0 aliphatic carbocycles. The molecule has 0 amide bonds. The van der Waals surface area contributed by atoms with E-state index in [1.807, 2.05) is 37.3 Å². The standard InChI is InChI=1S/C19H15ClN4O/c1-11-4-5-17-14(6-11)8-15(18(20)23-17)10-22-24-13(3)7-12(2)16(9-21)19(24)25/h4-8,10H,1-3H3/b22-10+. The van der Waals surface area contributed by atoms with Gasteiger partial charge in [-0.1, -0.05) is 23.2 Å². The van der Waals surface area contributed by atoms with Crippen molar-refractivity contribution in [3.8, 4) is 6.07 Å². The summed E-state index contributed by atoms with van der Waals surface area (Å²) >= 11 is 6.23. The molecule has 3 rings (SSSR count). The average molecular weight is 351 g/mol. The average Bonchev–Trinajstić information content (AvgIpc) is 2.55. The van der Waals surface area contributed by atoms with Gasteiger partial charge in [0.25, 0.3) is 5.56 Å². The molecule has 6 heteroatoms. The number of aryl methyl sites for hydroxylation is 3. The molecule has 124 valence electrons. The number of halogens is 1. The Labute approximate surface area is 149 Å². The van der Waals surface area contributed by atoms with Crippen molar-refractivity contribution in [3.63, 3.8) is 0 Å². The van der Waals surface area contributed by atoms with Gasteiger partial charge in [-0.2, -0.15) is 10.4 Å². The van der Waals surface area contributed by atoms with Gasteiger partial charge in [0.15, 0.2) is 0 Å². The smallest absolute Gasteiger partial charge is 0.266 e. The monoisotopic (exact) mass is 350 g/mol. The Morgan fingerprint density at radius 2 is 2.00 bits per heavy atom. The van der Waals surface area contributed by atoms with Gasteiger partial charge in [-0.3, -0.25) is 4.79 Å². The maximum atomic E-state index is 12.4. The van der Waals surface area contributed by atoms with E-state index in [1.54, 1.807) is 19.9 Å². The second-order valence-electron chi connectivity index (χ2n) is 5.88. The van der Waals surface area contributed by atoms with Gasteiger partial charge in [-0.05, 0) is 50.6 Å². The minimum atomic E-state index is -0.447. The fraction of sp³-hybridized carbons (Fsp3) is 0.158. The van der Waals surface area contributed by atoms with E-state index in [1.165, 1.54) is 10.9 Å². The predicted octanol–water partition coefficient (Wildman–Crippen LogP) is 3.73. The van der Waals surface area contributed by atoms with E-state index < -0.39 is 5.56 Å². The van der Waals surface area contributed by atoms with Gasteiger partial charge in [0.1, 0.15) is 16.8 Å². The van der Waals surface area contributed by atoms with Gasteiger partial charge in [0.2, 0.25) is 0 Å². The third kappa shape index (κ3) is 3.17. The molecule has 5 nitrogen and oxygen atoms in total. The number of nitrogens with zero attached hydrogens (tertiary/aromatic N) is 4. The summed E-state index contributed by atoms with van der Waals surface area (Å²) in [7, 11) is 0. The SMILES string of the molecule is Cc1ccc2nc(Cl)c(/C=N/n3c(C)cc(C)c(C#N)c3=O)cc2c1. The molecule has 0 atom stereocenters. The van der Waals surface area contributed by atoms with Crippen LogP contribution in [0.5, 0.6) is 0 Å². The first kappa shape index (κ1) is 16.9. The van der Waals surface area contributed by atoms with Crippen LogP contribution in [0, 0.1) is 32.1 Å². The molecular formula is C19H15ClN4O. The molecule has 1 aromatic carbocycles. The van der Waals surface area contributed by atoms with Gasteiger partial charge in [-0.25, -0.2) is 9.66 Å². The summed E-state index contributed by atoms with van der Waals surface area (Å²) in [5, 5.41) is 14.6. The van der Waals surface area contributed by atoms with Gasteiger partial charge >= 0.3 is 0 Å². The minimum Gasteiger partial charge on any atom is -0.266 e. The van der Waals surface area contributed by atoms with Crippen LogP contribution in [0.25, 0.3) is 10.9 Å². The van der Waals surface area contributed by atoms with Crippen molar-refractivity contribution in [1.29, 1.82) is 5.26 Å². The zero-order valence-corrected chi connectivity index (χ0v) is 14.8. The van der Waals surface area contributed by atoms with E-state index >= 15 is 0 Å². The van der Waals surface area contributed by atoms with E-state index in [2.05, 4.69) is 10.1 Å². The molecular weight excluding hydrogens is 336 g/mol. The molecule has 0 aliphatic heterocycles. The normalized spacial score (nSPS) is 11.2. The lowest BCUT2D eigenvalue weighted by atomic mass is 10.1. The summed E-state index contributed by atoms with van der Waals surface area (Å²) in [6.45, 7) is 5.49. The van der Waals surface area contributed by atoms with E-state index in [4.69, 9.17) is 16.9 Å². The van der Waals surface area contributed by atoms with Gasteiger partial charge < -0.3 is 0 Å². The molecule has 0 bridgehead atoms. The van der Waals surface area contributed by atoms with Crippen molar-refractivity contribution in [3.05, 3.63) is 73.8 Å². The van der Waals surface area contributed by atoms with Crippen LogP contribution >= 0.6 is 11.6 Å². The molecule has 0 saturated carbocycles. The lowest BCUT2D eigenvalue weighted by molar-refractivity contribution is 0.786. The maximum absolute atomic E-state index is 12.4. The number of fused-ring (bicyclic) bond motifs is 1. The van der Waals surface area contributed by atoms with E-state index in [0.29, 0.717) is 22.0 Å². The highest BCUT2D eigenvalue weighted by Gasteiger charge is 2.09. The molecule has 0 saturated heterocycles. The molecule has 0 fully saturated rings. The number of aromatic nitrogens is 2. The number of hydrogen-bond donors (Lipinski definition) is 0. The predicted molar refractivity (Wildman–Crippen MR) is 99.4 cm³/mol. The first-order valence-corrected chi connectivity index (χ1v) is 8.03. The lowest BCUT2D eigenvalue weighted by Gasteiger charge is -2.07. The fourth-order valence-corrected chi connectivity index (χ4v) is 2.85. The van der Waals surface area contributed by atoms with Crippen LogP contribution in [-0.2, 0) is 0 Å². The molecule has 0 N–H and O–H groups in total. The molecule has 25 heavy (non-hydrogen) atoms. The minimum absolute atomic E-state index is 0.0844. The molecule has 2 aromatic heterocycles. The largest absolute Gasteiger partial charge is 0.289 e. The van der Waals surface area contributed by atoms with Crippen molar-refractivity contribution >= 4 is 28.7 Å². The number of rotatable bonds is 2. The van der Waals surface area contributed by atoms with Gasteiger partial charge in [-0.15, -0.1) is 0 Å². The first-order valence-electron chi connectivity index (χ1n) is 7.65. The Kier molecular flexibility index (Phi) is 4.39. The lowest BCUT2D eigenvalue weighted by Crippen LogP contribution is -2.22. The third-order valence-corrected chi connectivity index (χ3v) is 4.24. The Morgan fingerprint density at radius 3 is 2.72 bits per heavy atom. The van der Waals surface area contributed by atoms with Crippen molar-refractivity contribution < 1.29 is 0 Å². The van der Waals surface area contributed by atoms with Crippen molar-refractivity contribution in [1.82, 2.24) is 9.66 Å². The quantitative estimate of drug-likeness (QED) is 0.522. The van der Waals surface area contributed by atoms with Crippen LogP contribution in [-0.4, -0.2) is 15.9 Å². The van der Waals surface area contributed by atoms with Gasteiger partial charge in [0.05, 0.1) is 11.7 Å². The fourth-order valence-electron chi connectivity index (χ4n) is 2.66. The van der Waals surface area contributed by atoms with Crippen molar-refractivity contribution in [2.75, 3.05) is 0 Å². The number of hydrogen-bond acceptors (Lipinski definition) is 4. The first-order chi connectivity index (χ1) is 11.9. The zero-order valence-electron chi connectivity index (χ0n) is 14.0. The van der Waals surface area contributed by atoms with E-state index in [9.17, 15) is 4.79 Å². The molecule has 0 unspecified atom stereocenters. The Balaban J connectivity index is 2.12. The topological polar surface area (TPSA) is 71.0 Å². The number of pyridine rings is 2. The maximum Gasteiger partial charge on any atom is 0.289 e. The third-order valence-electron chi connectivity index (χ3n) is 3.94. The molecule has 0 spiro atoms. The Bertz CT molecular complexity index is 1120. The highest BCUT2D eigenvalue weighted by molar-refractivity contribution is 6.32. The molecule has 0 radical (unpaired) electrons. The summed E-state index contributed by atoms with van der Waals surface area (Å²) in [6.07, 6.45) is 1.49. The van der Waals surface area contributed by atoms with Crippen LogP contribution in [0.2, 0.25) is 5.15 Å². The van der Waals surface area contributed by atoms with Gasteiger partial charge in [0, 0.05) is 16.6 Å². The second kappa shape index (κ2) is 6.50. The zero-order chi connectivity index (χ0) is 18.1. The molecule has 2 heterocycles. The summed E-state index contributed by atoms with van der Waals surface area (Å²) in [4.78, 5) is 16.7. The Morgan fingerprint density at radius 1 is 1.24 bits per heavy atom. The summed E-state index contributed by atoms with van der Waals surface area (Å²) in [5.74, 6) is 0. The van der Waals surface area contributed by atoms with Crippen LogP contribution in [0.15, 0.2) is 40.2 Å².